The molecule has 0 unspecified atom stereocenters. The molecule has 102 valence electrons. The molecule has 1 heterocycles. The van der Waals surface area contributed by atoms with Crippen molar-refractivity contribution >= 4 is 16.5 Å². The van der Waals surface area contributed by atoms with Gasteiger partial charge in [-0.25, -0.2) is 4.98 Å². The van der Waals surface area contributed by atoms with Gasteiger partial charge in [0.2, 0.25) is 0 Å². The molecule has 2 rings (SSSR count). The Morgan fingerprint density at radius 1 is 1.33 bits per heavy atom. The summed E-state index contributed by atoms with van der Waals surface area (Å²) in [5.41, 5.74) is 7.08. The molecule has 0 atom stereocenters. The fourth-order valence-electron chi connectivity index (χ4n) is 2.23. The highest BCUT2D eigenvalue weighted by molar-refractivity contribution is 7.15. The second-order valence-electron chi connectivity index (χ2n) is 5.10. The molecule has 1 fully saturated rings. The number of unbranched alkanes of at least 4 members (excludes halogenated alkanes) is 1. The summed E-state index contributed by atoms with van der Waals surface area (Å²) in [5, 5.41) is 1.22. The van der Waals surface area contributed by atoms with Gasteiger partial charge in [0.05, 0.1) is 5.69 Å². The Balaban J connectivity index is 2.13. The molecule has 0 spiro atoms. The van der Waals surface area contributed by atoms with Gasteiger partial charge in [-0.05, 0) is 25.7 Å². The lowest BCUT2D eigenvalue weighted by molar-refractivity contribution is 0.708. The lowest BCUT2D eigenvalue weighted by Crippen LogP contribution is -2.26. The Morgan fingerprint density at radius 2 is 2.11 bits per heavy atom. The van der Waals surface area contributed by atoms with Gasteiger partial charge in [-0.1, -0.05) is 26.7 Å². The summed E-state index contributed by atoms with van der Waals surface area (Å²) in [6.07, 6.45) is 7.40. The van der Waals surface area contributed by atoms with Gasteiger partial charge in [-0.15, -0.1) is 11.3 Å². The molecular formula is C14H25N3S. The summed E-state index contributed by atoms with van der Waals surface area (Å²) >= 11 is 1.82. The van der Waals surface area contributed by atoms with Crippen LogP contribution in [0.3, 0.4) is 0 Å². The largest absolute Gasteiger partial charge is 0.345 e. The lowest BCUT2D eigenvalue weighted by atomic mass is 10.2. The van der Waals surface area contributed by atoms with E-state index in [1.807, 2.05) is 11.3 Å². The van der Waals surface area contributed by atoms with E-state index >= 15 is 0 Å². The normalized spacial score (nSPS) is 15.1. The topological polar surface area (TPSA) is 42.2 Å². The molecule has 1 aromatic rings. The predicted molar refractivity (Wildman–Crippen MR) is 79.3 cm³/mol. The van der Waals surface area contributed by atoms with Crippen LogP contribution in [0.15, 0.2) is 0 Å². The van der Waals surface area contributed by atoms with E-state index in [4.69, 9.17) is 10.7 Å². The van der Waals surface area contributed by atoms with Gasteiger partial charge < -0.3 is 10.6 Å². The van der Waals surface area contributed by atoms with Crippen molar-refractivity contribution in [3.63, 3.8) is 0 Å². The Hall–Kier alpha value is -0.610. The lowest BCUT2D eigenvalue weighted by Gasteiger charge is -2.20. The maximum Gasteiger partial charge on any atom is 0.186 e. The standard InChI is InChI=1S/C14H25N3S/c1-3-5-9-17(11-7-8-11)14-16-12(6-4-2)13(10-15)18-14/h11H,3-10,15H2,1-2H3. The summed E-state index contributed by atoms with van der Waals surface area (Å²) in [6, 6.07) is 0.753. The molecule has 0 bridgehead atoms. The number of aryl methyl sites for hydroxylation is 1. The quantitative estimate of drug-likeness (QED) is 0.785. The number of rotatable bonds is 8. The summed E-state index contributed by atoms with van der Waals surface area (Å²) in [4.78, 5) is 8.66. The van der Waals surface area contributed by atoms with E-state index in [9.17, 15) is 0 Å². The van der Waals surface area contributed by atoms with E-state index in [2.05, 4.69) is 18.7 Å². The molecule has 1 saturated carbocycles. The van der Waals surface area contributed by atoms with Crippen molar-refractivity contribution in [1.82, 2.24) is 4.98 Å². The number of nitrogens with two attached hydrogens (primary N) is 1. The zero-order valence-corrected chi connectivity index (χ0v) is 12.4. The van der Waals surface area contributed by atoms with E-state index in [1.54, 1.807) is 0 Å². The van der Waals surface area contributed by atoms with Crippen LogP contribution in [0.25, 0.3) is 0 Å². The minimum Gasteiger partial charge on any atom is -0.345 e. The van der Waals surface area contributed by atoms with Crippen molar-refractivity contribution in [3.8, 4) is 0 Å². The number of hydrogen-bond acceptors (Lipinski definition) is 4. The molecule has 0 radical (unpaired) electrons. The Bertz CT molecular complexity index is 371. The van der Waals surface area contributed by atoms with Gasteiger partial charge in [-0.2, -0.15) is 0 Å². The van der Waals surface area contributed by atoms with Crippen molar-refractivity contribution in [1.29, 1.82) is 0 Å². The molecule has 18 heavy (non-hydrogen) atoms. The summed E-state index contributed by atoms with van der Waals surface area (Å²) in [5.74, 6) is 0. The second kappa shape index (κ2) is 6.53. The van der Waals surface area contributed by atoms with Crippen LogP contribution in [0.2, 0.25) is 0 Å². The average molecular weight is 267 g/mol. The van der Waals surface area contributed by atoms with Crippen LogP contribution in [-0.4, -0.2) is 17.6 Å². The van der Waals surface area contributed by atoms with E-state index in [1.165, 1.54) is 41.4 Å². The molecule has 4 heteroatoms. The van der Waals surface area contributed by atoms with Crippen LogP contribution in [0.5, 0.6) is 0 Å². The van der Waals surface area contributed by atoms with Crippen LogP contribution >= 0.6 is 11.3 Å². The van der Waals surface area contributed by atoms with E-state index in [0.717, 1.165) is 25.4 Å². The van der Waals surface area contributed by atoms with Crippen molar-refractivity contribution in [2.24, 2.45) is 5.73 Å². The minimum atomic E-state index is 0.638. The molecular weight excluding hydrogens is 242 g/mol. The number of thiazole rings is 1. The molecule has 1 aliphatic rings. The SMILES string of the molecule is CCCCN(c1nc(CCC)c(CN)s1)C1CC1. The highest BCUT2D eigenvalue weighted by atomic mass is 32.1. The van der Waals surface area contributed by atoms with Gasteiger partial charge in [0.15, 0.2) is 5.13 Å². The zero-order valence-electron chi connectivity index (χ0n) is 11.6. The van der Waals surface area contributed by atoms with Crippen LogP contribution in [0, 0.1) is 0 Å². The first-order chi connectivity index (χ1) is 8.80. The van der Waals surface area contributed by atoms with Gasteiger partial charge in [0.25, 0.3) is 0 Å². The Morgan fingerprint density at radius 3 is 2.67 bits per heavy atom. The first kappa shape index (κ1) is 13.8. The summed E-state index contributed by atoms with van der Waals surface area (Å²) in [6.45, 7) is 6.25. The highest BCUT2D eigenvalue weighted by Crippen LogP contribution is 2.35. The molecule has 1 aromatic heterocycles. The van der Waals surface area contributed by atoms with E-state index < -0.39 is 0 Å². The summed E-state index contributed by atoms with van der Waals surface area (Å²) < 4.78 is 0. The summed E-state index contributed by atoms with van der Waals surface area (Å²) in [7, 11) is 0. The zero-order chi connectivity index (χ0) is 13.0. The molecule has 0 amide bonds. The van der Waals surface area contributed by atoms with Crippen molar-refractivity contribution in [2.75, 3.05) is 11.4 Å². The third kappa shape index (κ3) is 3.23. The van der Waals surface area contributed by atoms with Crippen LogP contribution < -0.4 is 10.6 Å². The third-order valence-corrected chi connectivity index (χ3v) is 4.58. The number of aromatic nitrogens is 1. The minimum absolute atomic E-state index is 0.638. The smallest absolute Gasteiger partial charge is 0.186 e. The second-order valence-corrected chi connectivity index (χ2v) is 6.16. The fraction of sp³-hybridized carbons (Fsp3) is 0.786. The van der Waals surface area contributed by atoms with Crippen molar-refractivity contribution < 1.29 is 0 Å². The maximum atomic E-state index is 5.84. The first-order valence-electron chi connectivity index (χ1n) is 7.25. The third-order valence-electron chi connectivity index (χ3n) is 3.43. The number of nitrogens with zero attached hydrogens (tertiary/aromatic N) is 2. The molecule has 2 N–H and O–H groups in total. The molecule has 0 saturated heterocycles. The average Bonchev–Trinajstić information content (AvgIpc) is 3.12. The highest BCUT2D eigenvalue weighted by Gasteiger charge is 2.31. The number of anilines is 1. The van der Waals surface area contributed by atoms with E-state index in [-0.39, 0.29) is 0 Å². The Kier molecular flexibility index (Phi) is 5.01. The Labute approximate surface area is 114 Å². The van der Waals surface area contributed by atoms with Crippen LogP contribution in [0.4, 0.5) is 5.13 Å². The monoisotopic (exact) mass is 267 g/mol. The van der Waals surface area contributed by atoms with Crippen molar-refractivity contribution in [3.05, 3.63) is 10.6 Å². The van der Waals surface area contributed by atoms with Gasteiger partial charge in [0.1, 0.15) is 0 Å². The molecule has 0 aromatic carbocycles. The van der Waals surface area contributed by atoms with E-state index in [0.29, 0.717) is 6.54 Å². The van der Waals surface area contributed by atoms with Crippen LogP contribution in [0.1, 0.15) is 56.5 Å². The number of hydrogen-bond donors (Lipinski definition) is 1. The van der Waals surface area contributed by atoms with Gasteiger partial charge in [-0.3, -0.25) is 0 Å². The first-order valence-corrected chi connectivity index (χ1v) is 8.07. The molecule has 0 aliphatic heterocycles. The van der Waals surface area contributed by atoms with Gasteiger partial charge in [0, 0.05) is 24.0 Å². The predicted octanol–water partition coefficient (Wildman–Crippen LogP) is 3.32. The fourth-order valence-corrected chi connectivity index (χ4v) is 3.32. The molecule has 3 nitrogen and oxygen atoms in total. The molecule has 1 aliphatic carbocycles. The van der Waals surface area contributed by atoms with Gasteiger partial charge >= 0.3 is 0 Å². The maximum absolute atomic E-state index is 5.84. The van der Waals surface area contributed by atoms with Crippen molar-refractivity contribution in [2.45, 2.75) is 65.0 Å². The van der Waals surface area contributed by atoms with Crippen LogP contribution in [-0.2, 0) is 13.0 Å².